The summed E-state index contributed by atoms with van der Waals surface area (Å²) < 4.78 is 60.2. The Hall–Kier alpha value is -1.84. The number of aryl methyl sites for hydroxylation is 1. The van der Waals surface area contributed by atoms with Crippen LogP contribution in [0.25, 0.3) is 11.3 Å². The van der Waals surface area contributed by atoms with Crippen LogP contribution in [-0.2, 0) is 6.18 Å². The van der Waals surface area contributed by atoms with Crippen LogP contribution < -0.4 is 0 Å². The molecule has 1 aromatic heterocycles. The lowest BCUT2D eigenvalue weighted by molar-refractivity contribution is -0.138. The van der Waals surface area contributed by atoms with Gasteiger partial charge in [0, 0.05) is 15.9 Å². The summed E-state index contributed by atoms with van der Waals surface area (Å²) in [6.07, 6.45) is -4.17. The van der Waals surface area contributed by atoms with Crippen LogP contribution in [0.1, 0.15) is 15.2 Å². The third-order valence-electron chi connectivity index (χ3n) is 2.28. The fourth-order valence-electron chi connectivity index (χ4n) is 1.45. The van der Waals surface area contributed by atoms with Crippen molar-refractivity contribution in [3.8, 4) is 11.3 Å². The number of hydrogen-bond acceptors (Lipinski definition) is 1. The molecule has 0 radical (unpaired) electrons. The van der Waals surface area contributed by atoms with Crippen LogP contribution >= 0.6 is 0 Å². The minimum absolute atomic E-state index is 0.199. The quantitative estimate of drug-likeness (QED) is 0.732. The molecule has 88 valence electrons. The van der Waals surface area contributed by atoms with Crippen LogP contribution in [0.5, 0.6) is 0 Å². The molecule has 0 atom stereocenters. The lowest BCUT2D eigenvalue weighted by Gasteiger charge is -2.10. The second kappa shape index (κ2) is 4.20. The molecule has 2 aromatic rings. The zero-order chi connectivity index (χ0) is 15.0. The van der Waals surface area contributed by atoms with E-state index >= 15 is 0 Å². The largest absolute Gasteiger partial charge is 0.418 e. The molecular weight excluding hydrogens is 227 g/mol. The Balaban J connectivity index is 2.62. The predicted molar refractivity (Wildman–Crippen MR) is 59.4 cm³/mol. The van der Waals surface area contributed by atoms with Gasteiger partial charge in [0.1, 0.15) is 0 Å². The van der Waals surface area contributed by atoms with Crippen molar-refractivity contribution in [2.24, 2.45) is 0 Å². The van der Waals surface area contributed by atoms with Crippen LogP contribution in [0.15, 0.2) is 42.6 Å². The first-order valence-electron chi connectivity index (χ1n) is 6.33. The van der Waals surface area contributed by atoms with Gasteiger partial charge in [-0.25, -0.2) is 0 Å². The van der Waals surface area contributed by atoms with Crippen LogP contribution in [-0.4, -0.2) is 4.98 Å². The molecule has 0 saturated carbocycles. The molecule has 17 heavy (non-hydrogen) atoms. The van der Waals surface area contributed by atoms with Gasteiger partial charge in [0.05, 0.1) is 11.3 Å². The summed E-state index contributed by atoms with van der Waals surface area (Å²) in [5.41, 5.74) is -1.20. The molecule has 0 saturated heterocycles. The average molecular weight is 240 g/mol. The molecule has 2 rings (SSSR count). The van der Waals surface area contributed by atoms with E-state index in [4.69, 9.17) is 4.11 Å². The van der Waals surface area contributed by atoms with E-state index in [9.17, 15) is 13.2 Å². The van der Waals surface area contributed by atoms with E-state index in [0.29, 0.717) is 11.8 Å². The fraction of sp³-hybridized carbons (Fsp3) is 0.154. The topological polar surface area (TPSA) is 12.9 Å². The Morgan fingerprint density at radius 3 is 2.47 bits per heavy atom. The highest BCUT2D eigenvalue weighted by molar-refractivity contribution is 5.60. The molecule has 4 heteroatoms. The third kappa shape index (κ3) is 2.46. The molecule has 1 heterocycles. The van der Waals surface area contributed by atoms with Gasteiger partial charge in [-0.05, 0) is 18.5 Å². The normalized spacial score (nSPS) is 14.9. The number of benzene rings is 1. The van der Waals surface area contributed by atoms with Crippen molar-refractivity contribution in [3.63, 3.8) is 0 Å². The molecule has 0 spiro atoms. The van der Waals surface area contributed by atoms with Gasteiger partial charge in [-0.15, -0.1) is 0 Å². The highest BCUT2D eigenvalue weighted by atomic mass is 19.4. The number of aromatic nitrogens is 1. The molecule has 0 aliphatic carbocycles. The lowest BCUT2D eigenvalue weighted by Crippen LogP contribution is -2.08. The monoisotopic (exact) mass is 240 g/mol. The van der Waals surface area contributed by atoms with Crippen molar-refractivity contribution >= 4 is 0 Å². The summed E-state index contributed by atoms with van der Waals surface area (Å²) in [5, 5.41) is 0. The number of hydrogen-bond donors (Lipinski definition) is 0. The summed E-state index contributed by atoms with van der Waals surface area (Å²) in [6.45, 7) is -2.85. The molecule has 0 unspecified atom stereocenters. The van der Waals surface area contributed by atoms with Crippen molar-refractivity contribution in [1.82, 2.24) is 4.98 Å². The van der Waals surface area contributed by atoms with E-state index in [0.717, 1.165) is 6.07 Å². The maximum Gasteiger partial charge on any atom is 0.418 e. The van der Waals surface area contributed by atoms with Crippen molar-refractivity contribution in [3.05, 3.63) is 53.7 Å². The van der Waals surface area contributed by atoms with Gasteiger partial charge in [0.15, 0.2) is 0 Å². The van der Waals surface area contributed by atoms with Crippen LogP contribution in [0.2, 0.25) is 0 Å². The second-order valence-electron chi connectivity index (χ2n) is 3.48. The Labute approximate surface area is 101 Å². The van der Waals surface area contributed by atoms with Crippen LogP contribution in [0.3, 0.4) is 0 Å². The summed E-state index contributed by atoms with van der Waals surface area (Å²) in [6, 6.07) is 9.43. The first kappa shape index (κ1) is 8.28. The third-order valence-corrected chi connectivity index (χ3v) is 2.28. The molecule has 0 aliphatic rings. The van der Waals surface area contributed by atoms with Crippen molar-refractivity contribution in [2.75, 3.05) is 0 Å². The number of nitrogens with zero attached hydrogens (tertiary/aromatic N) is 1. The standard InChI is InChI=1S/C13H10F3N/c1-9-7-12(10-5-3-2-4-6-10)17-8-11(9)13(14,15)16/h2-8H,1H3/i1D3. The smallest absolute Gasteiger partial charge is 0.256 e. The Kier molecular flexibility index (Phi) is 2.05. The predicted octanol–water partition coefficient (Wildman–Crippen LogP) is 4.08. The van der Waals surface area contributed by atoms with E-state index < -0.39 is 24.2 Å². The Morgan fingerprint density at radius 2 is 1.88 bits per heavy atom. The molecule has 1 nitrogen and oxygen atoms in total. The Bertz CT molecular complexity index is 606. The molecule has 1 aromatic carbocycles. The fourth-order valence-corrected chi connectivity index (χ4v) is 1.45. The van der Waals surface area contributed by atoms with Gasteiger partial charge < -0.3 is 0 Å². The summed E-state index contributed by atoms with van der Waals surface area (Å²) in [7, 11) is 0. The molecule has 0 amide bonds. The van der Waals surface area contributed by atoms with Gasteiger partial charge in [-0.3, -0.25) is 4.98 Å². The lowest BCUT2D eigenvalue weighted by atomic mass is 10.1. The van der Waals surface area contributed by atoms with Gasteiger partial charge in [-0.2, -0.15) is 13.2 Å². The Morgan fingerprint density at radius 1 is 1.18 bits per heavy atom. The molecule has 0 N–H and O–H groups in total. The minimum Gasteiger partial charge on any atom is -0.256 e. The number of alkyl halides is 3. The van der Waals surface area contributed by atoms with E-state index in [1.165, 1.54) is 0 Å². The number of pyridine rings is 1. The van der Waals surface area contributed by atoms with Crippen LogP contribution in [0.4, 0.5) is 13.2 Å². The first-order chi connectivity index (χ1) is 9.19. The molecule has 0 bridgehead atoms. The van der Waals surface area contributed by atoms with Gasteiger partial charge in [-0.1, -0.05) is 30.3 Å². The minimum atomic E-state index is -4.74. The van der Waals surface area contributed by atoms with Crippen molar-refractivity contribution in [1.29, 1.82) is 0 Å². The maximum atomic E-state index is 12.8. The van der Waals surface area contributed by atoms with E-state index in [1.54, 1.807) is 30.3 Å². The SMILES string of the molecule is [2H]C([2H])([2H])c1cc(-c2ccccc2)ncc1C(F)(F)F. The second-order valence-corrected chi connectivity index (χ2v) is 3.48. The van der Waals surface area contributed by atoms with Crippen molar-refractivity contribution in [2.45, 2.75) is 13.0 Å². The molecular formula is C13H10F3N. The van der Waals surface area contributed by atoms with E-state index in [-0.39, 0.29) is 5.69 Å². The maximum absolute atomic E-state index is 12.8. The highest BCUT2D eigenvalue weighted by Crippen LogP contribution is 2.32. The average Bonchev–Trinajstić information content (AvgIpc) is 2.37. The summed E-state index contributed by atoms with van der Waals surface area (Å²) in [4.78, 5) is 3.72. The van der Waals surface area contributed by atoms with E-state index in [1.807, 2.05) is 0 Å². The van der Waals surface area contributed by atoms with E-state index in [2.05, 4.69) is 4.98 Å². The van der Waals surface area contributed by atoms with Gasteiger partial charge in [0.2, 0.25) is 0 Å². The zero-order valence-electron chi connectivity index (χ0n) is 11.6. The first-order valence-corrected chi connectivity index (χ1v) is 4.83. The number of halogens is 3. The highest BCUT2D eigenvalue weighted by Gasteiger charge is 2.32. The summed E-state index contributed by atoms with van der Waals surface area (Å²) in [5.74, 6) is 0. The van der Waals surface area contributed by atoms with Crippen LogP contribution in [0, 0.1) is 6.85 Å². The molecule has 0 aliphatic heterocycles. The van der Waals surface area contributed by atoms with Gasteiger partial charge >= 0.3 is 6.18 Å². The van der Waals surface area contributed by atoms with Gasteiger partial charge in [0.25, 0.3) is 0 Å². The number of rotatable bonds is 1. The summed E-state index contributed by atoms with van der Waals surface area (Å²) >= 11 is 0. The molecule has 0 fully saturated rings. The van der Waals surface area contributed by atoms with Crippen molar-refractivity contribution < 1.29 is 17.3 Å². The zero-order valence-corrected chi connectivity index (χ0v) is 8.62.